The van der Waals surface area contributed by atoms with Gasteiger partial charge in [-0.3, -0.25) is 0 Å². The van der Waals surface area contributed by atoms with Crippen LogP contribution < -0.4 is 10.1 Å². The number of ether oxygens (including phenoxy) is 1. The molecule has 0 aromatic carbocycles. The number of nitrogens with zero attached hydrogens (tertiary/aromatic N) is 2. The van der Waals surface area contributed by atoms with E-state index in [9.17, 15) is 0 Å². The molecule has 2 rings (SSSR count). The molecule has 0 radical (unpaired) electrons. The number of hydrogen-bond acceptors (Lipinski definition) is 4. The molecule has 1 fully saturated rings. The minimum Gasteiger partial charge on any atom is -0.474 e. The second kappa shape index (κ2) is 6.73. The van der Waals surface area contributed by atoms with Gasteiger partial charge in [-0.25, -0.2) is 4.98 Å². The minimum atomic E-state index is 0.322. The smallest absolute Gasteiger partial charge is 0.226 e. The Labute approximate surface area is 116 Å². The van der Waals surface area contributed by atoms with Gasteiger partial charge in [0, 0.05) is 18.3 Å². The maximum atomic E-state index is 6.06. The number of anilines is 1. The van der Waals surface area contributed by atoms with E-state index in [-0.39, 0.29) is 0 Å². The lowest BCUT2D eigenvalue weighted by atomic mass is 9.85. The average molecular weight is 263 g/mol. The summed E-state index contributed by atoms with van der Waals surface area (Å²) in [7, 11) is 0. The van der Waals surface area contributed by atoms with Crippen molar-refractivity contribution in [2.45, 2.75) is 59.0 Å². The second-order valence-electron chi connectivity index (χ2n) is 5.38. The van der Waals surface area contributed by atoms with Crippen LogP contribution >= 0.6 is 0 Å². The van der Waals surface area contributed by atoms with Gasteiger partial charge in [-0.05, 0) is 39.0 Å². The normalized spacial score (nSPS) is 23.1. The lowest BCUT2D eigenvalue weighted by Gasteiger charge is -2.28. The number of hydrogen-bond donors (Lipinski definition) is 1. The molecule has 1 aromatic heterocycles. The molecule has 2 unspecified atom stereocenters. The van der Waals surface area contributed by atoms with Gasteiger partial charge >= 0.3 is 0 Å². The molecule has 1 aliphatic carbocycles. The zero-order chi connectivity index (χ0) is 13.7. The van der Waals surface area contributed by atoms with E-state index in [0.717, 1.165) is 31.0 Å². The third kappa shape index (κ3) is 4.08. The average Bonchev–Trinajstić information content (AvgIpc) is 2.38. The van der Waals surface area contributed by atoms with Crippen molar-refractivity contribution in [3.8, 4) is 5.88 Å². The van der Waals surface area contributed by atoms with Crippen molar-refractivity contribution in [2.75, 3.05) is 11.9 Å². The molecule has 2 atom stereocenters. The van der Waals surface area contributed by atoms with Crippen LogP contribution in [-0.4, -0.2) is 22.6 Å². The number of aromatic nitrogens is 2. The molecular formula is C15H25N3O. The summed E-state index contributed by atoms with van der Waals surface area (Å²) < 4.78 is 6.06. The van der Waals surface area contributed by atoms with Gasteiger partial charge in [-0.1, -0.05) is 19.8 Å². The molecule has 0 aliphatic heterocycles. The van der Waals surface area contributed by atoms with Crippen LogP contribution in [0.5, 0.6) is 5.88 Å². The summed E-state index contributed by atoms with van der Waals surface area (Å²) in [4.78, 5) is 8.77. The van der Waals surface area contributed by atoms with E-state index in [2.05, 4.69) is 22.2 Å². The van der Waals surface area contributed by atoms with E-state index >= 15 is 0 Å². The maximum absolute atomic E-state index is 6.06. The lowest BCUT2D eigenvalue weighted by Crippen LogP contribution is -2.25. The molecule has 0 bridgehead atoms. The van der Waals surface area contributed by atoms with Crippen molar-refractivity contribution in [3.05, 3.63) is 11.8 Å². The fourth-order valence-electron chi connectivity index (χ4n) is 2.73. The monoisotopic (exact) mass is 263 g/mol. The Morgan fingerprint density at radius 1 is 1.32 bits per heavy atom. The van der Waals surface area contributed by atoms with Gasteiger partial charge in [0.15, 0.2) is 0 Å². The van der Waals surface area contributed by atoms with Crippen molar-refractivity contribution in [2.24, 2.45) is 5.92 Å². The molecule has 0 amide bonds. The van der Waals surface area contributed by atoms with E-state index in [1.54, 1.807) is 0 Å². The van der Waals surface area contributed by atoms with Gasteiger partial charge in [0.1, 0.15) is 6.10 Å². The van der Waals surface area contributed by atoms with E-state index in [4.69, 9.17) is 4.74 Å². The molecule has 106 valence electrons. The minimum absolute atomic E-state index is 0.322. The third-order valence-corrected chi connectivity index (χ3v) is 3.77. The highest BCUT2D eigenvalue weighted by Gasteiger charge is 2.22. The van der Waals surface area contributed by atoms with Gasteiger partial charge in [-0.15, -0.1) is 0 Å². The fraction of sp³-hybridized carbons (Fsp3) is 0.733. The van der Waals surface area contributed by atoms with Crippen molar-refractivity contribution < 1.29 is 4.74 Å². The Balaban J connectivity index is 2.01. The van der Waals surface area contributed by atoms with E-state index in [1.165, 1.54) is 19.3 Å². The van der Waals surface area contributed by atoms with Crippen LogP contribution in [0, 0.1) is 12.8 Å². The quantitative estimate of drug-likeness (QED) is 0.882. The first-order valence-electron chi connectivity index (χ1n) is 7.47. The van der Waals surface area contributed by atoms with Crippen LogP contribution in [0.4, 0.5) is 5.95 Å². The first-order chi connectivity index (χ1) is 9.21. The highest BCUT2D eigenvalue weighted by Crippen LogP contribution is 2.29. The number of aryl methyl sites for hydroxylation is 1. The van der Waals surface area contributed by atoms with Crippen LogP contribution in [0.1, 0.15) is 51.6 Å². The molecule has 1 aliphatic rings. The van der Waals surface area contributed by atoms with E-state index in [1.807, 2.05) is 19.9 Å². The Morgan fingerprint density at radius 3 is 2.89 bits per heavy atom. The van der Waals surface area contributed by atoms with Crippen molar-refractivity contribution >= 4 is 5.95 Å². The van der Waals surface area contributed by atoms with Crippen molar-refractivity contribution in [1.29, 1.82) is 0 Å². The van der Waals surface area contributed by atoms with Crippen LogP contribution in [0.2, 0.25) is 0 Å². The second-order valence-corrected chi connectivity index (χ2v) is 5.38. The molecule has 0 saturated heterocycles. The standard InChI is InChI=1S/C15H25N3O/c1-4-12-7-6-8-13(10-12)19-14-9-11(3)17-15(18-14)16-5-2/h9,12-13H,4-8,10H2,1-3H3,(H,16,17,18). The molecule has 1 saturated carbocycles. The number of nitrogens with one attached hydrogen (secondary N) is 1. The van der Waals surface area contributed by atoms with Crippen LogP contribution in [-0.2, 0) is 0 Å². The van der Waals surface area contributed by atoms with Gasteiger partial charge in [0.05, 0.1) is 0 Å². The van der Waals surface area contributed by atoms with Gasteiger partial charge in [-0.2, -0.15) is 4.98 Å². The van der Waals surface area contributed by atoms with Crippen molar-refractivity contribution in [1.82, 2.24) is 9.97 Å². The predicted molar refractivity (Wildman–Crippen MR) is 77.6 cm³/mol. The van der Waals surface area contributed by atoms with Gasteiger partial charge in [0.25, 0.3) is 0 Å². The van der Waals surface area contributed by atoms with Gasteiger partial charge < -0.3 is 10.1 Å². The van der Waals surface area contributed by atoms with Crippen molar-refractivity contribution in [3.63, 3.8) is 0 Å². The molecule has 4 heteroatoms. The summed E-state index contributed by atoms with van der Waals surface area (Å²) >= 11 is 0. The maximum Gasteiger partial charge on any atom is 0.226 e. The summed E-state index contributed by atoms with van der Waals surface area (Å²) in [5.41, 5.74) is 0.948. The molecular weight excluding hydrogens is 238 g/mol. The Morgan fingerprint density at radius 2 is 2.16 bits per heavy atom. The summed E-state index contributed by atoms with van der Waals surface area (Å²) in [6.45, 7) is 7.11. The fourth-order valence-corrected chi connectivity index (χ4v) is 2.73. The summed E-state index contributed by atoms with van der Waals surface area (Å²) in [5.74, 6) is 2.19. The first-order valence-corrected chi connectivity index (χ1v) is 7.47. The zero-order valence-corrected chi connectivity index (χ0v) is 12.3. The number of rotatable bonds is 5. The first kappa shape index (κ1) is 14.1. The summed E-state index contributed by atoms with van der Waals surface area (Å²) in [6, 6.07) is 1.93. The molecule has 4 nitrogen and oxygen atoms in total. The molecule has 1 N–H and O–H groups in total. The molecule has 1 aromatic rings. The summed E-state index contributed by atoms with van der Waals surface area (Å²) in [6.07, 6.45) is 6.51. The van der Waals surface area contributed by atoms with E-state index in [0.29, 0.717) is 17.9 Å². The van der Waals surface area contributed by atoms with Crippen LogP contribution in [0.15, 0.2) is 6.07 Å². The van der Waals surface area contributed by atoms with Gasteiger partial charge in [0.2, 0.25) is 11.8 Å². The Kier molecular flexibility index (Phi) is 5.00. The zero-order valence-electron chi connectivity index (χ0n) is 12.3. The van der Waals surface area contributed by atoms with Crippen LogP contribution in [0.3, 0.4) is 0 Å². The Hall–Kier alpha value is -1.32. The molecule has 1 heterocycles. The van der Waals surface area contributed by atoms with Crippen LogP contribution in [0.25, 0.3) is 0 Å². The summed E-state index contributed by atoms with van der Waals surface area (Å²) in [5, 5.41) is 3.14. The Bertz CT molecular complexity index is 408. The highest BCUT2D eigenvalue weighted by molar-refractivity contribution is 5.30. The van der Waals surface area contributed by atoms with E-state index < -0.39 is 0 Å². The largest absolute Gasteiger partial charge is 0.474 e. The SMILES string of the molecule is CCNc1nc(C)cc(OC2CCCC(CC)C2)n1. The highest BCUT2D eigenvalue weighted by atomic mass is 16.5. The molecule has 0 spiro atoms. The predicted octanol–water partition coefficient (Wildman–Crippen LogP) is 3.56. The molecule has 19 heavy (non-hydrogen) atoms. The third-order valence-electron chi connectivity index (χ3n) is 3.77. The lowest BCUT2D eigenvalue weighted by molar-refractivity contribution is 0.117. The topological polar surface area (TPSA) is 47.0 Å².